The van der Waals surface area contributed by atoms with Gasteiger partial charge < -0.3 is 15.5 Å². The third kappa shape index (κ3) is 4.17. The Balaban J connectivity index is 0.00000225. The van der Waals surface area contributed by atoms with Gasteiger partial charge in [-0.2, -0.15) is 24.3 Å². The smallest absolute Gasteiger partial charge is 0.250 e. The maximum absolute atomic E-state index is 13.5. The normalized spacial score (nSPS) is 19.5. The molecule has 1 radical (unpaired) electrons. The van der Waals surface area contributed by atoms with E-state index in [0.29, 0.717) is 5.56 Å². The fourth-order valence-electron chi connectivity index (χ4n) is 3.05. The van der Waals surface area contributed by atoms with Gasteiger partial charge in [-0.15, -0.1) is 16.8 Å². The van der Waals surface area contributed by atoms with Gasteiger partial charge in [0.1, 0.15) is 6.17 Å². The Morgan fingerprint density at radius 1 is 1.36 bits per heavy atom. The quantitative estimate of drug-likeness (QED) is 0.782. The van der Waals surface area contributed by atoms with Crippen LogP contribution in [-0.4, -0.2) is 49.2 Å². The number of alkyl halides is 1. The Morgan fingerprint density at radius 2 is 2.16 bits per heavy atom. The molecular weight excluding hydrogens is 368 g/mol. The number of nitrogens with zero attached hydrogens (tertiary/aromatic N) is 1. The van der Waals surface area contributed by atoms with E-state index < -0.39 is 6.17 Å². The largest absolute Gasteiger partial charge is 0.343 e. The van der Waals surface area contributed by atoms with Crippen LogP contribution in [0.2, 0.25) is 0 Å². The van der Waals surface area contributed by atoms with Crippen LogP contribution in [0.5, 0.6) is 0 Å². The van der Waals surface area contributed by atoms with Crippen molar-refractivity contribution in [2.45, 2.75) is 18.8 Å². The van der Waals surface area contributed by atoms with Crippen LogP contribution < -0.4 is 10.6 Å². The third-order valence-electron chi connectivity index (χ3n) is 4.27. The van der Waals surface area contributed by atoms with Gasteiger partial charge >= 0.3 is 0 Å². The molecule has 1 unspecified atom stereocenters. The second-order valence-corrected chi connectivity index (χ2v) is 5.82. The first kappa shape index (κ1) is 19.4. The molecule has 1 aliphatic rings. The van der Waals surface area contributed by atoms with Gasteiger partial charge in [-0.25, -0.2) is 4.39 Å². The fraction of sp³-hybridized carbons (Fsp3) is 0.333. The van der Waals surface area contributed by atoms with Gasteiger partial charge in [-0.1, -0.05) is 12.1 Å². The van der Waals surface area contributed by atoms with Gasteiger partial charge in [-0.3, -0.25) is 9.59 Å². The van der Waals surface area contributed by atoms with Crippen molar-refractivity contribution in [3.8, 4) is 0 Å². The summed E-state index contributed by atoms with van der Waals surface area (Å²) in [6, 6.07) is 13.7. The first-order valence-electron chi connectivity index (χ1n) is 7.88. The summed E-state index contributed by atoms with van der Waals surface area (Å²) in [5.74, 6) is -0.617. The zero-order valence-electron chi connectivity index (χ0n) is 13.7. The van der Waals surface area contributed by atoms with E-state index >= 15 is 0 Å². The predicted octanol–water partition coefficient (Wildman–Crippen LogP) is 1.48. The standard InChI is InChI=1S/C18H19FN3O2.Co/c1-20-16-9-13(19)11-22(16)17(23)10-21-18(24)15-8-4-6-12-5-2-3-7-14(12)15;/h3-8,13,16,20H,9-11H2,1H3,(H,21,24);/q-1;/t13?,16-;/m0./s1. The molecule has 135 valence electrons. The van der Waals surface area contributed by atoms with Gasteiger partial charge in [-0.05, 0) is 7.05 Å². The Hall–Kier alpha value is -1.96. The van der Waals surface area contributed by atoms with Crippen molar-refractivity contribution in [2.24, 2.45) is 0 Å². The second kappa shape index (κ2) is 8.42. The summed E-state index contributed by atoms with van der Waals surface area (Å²) in [6.45, 7) is -0.0939. The molecule has 25 heavy (non-hydrogen) atoms. The van der Waals surface area contributed by atoms with E-state index in [1.54, 1.807) is 31.3 Å². The minimum absolute atomic E-state index is 0. The average Bonchev–Trinajstić information content (AvgIpc) is 3.00. The van der Waals surface area contributed by atoms with E-state index in [4.69, 9.17) is 0 Å². The number of hydrogen-bond acceptors (Lipinski definition) is 3. The number of likely N-dealkylation sites (tertiary alicyclic amines) is 1. The van der Waals surface area contributed by atoms with Crippen LogP contribution in [0.3, 0.4) is 0 Å². The van der Waals surface area contributed by atoms with Crippen molar-refractivity contribution < 1.29 is 30.8 Å². The molecule has 0 aromatic heterocycles. The number of hydrogen-bond donors (Lipinski definition) is 2. The Morgan fingerprint density at radius 3 is 2.92 bits per heavy atom. The monoisotopic (exact) mass is 387 g/mol. The summed E-state index contributed by atoms with van der Waals surface area (Å²) in [5.41, 5.74) is 0.504. The summed E-state index contributed by atoms with van der Waals surface area (Å²) >= 11 is 0. The summed E-state index contributed by atoms with van der Waals surface area (Å²) in [6.07, 6.45) is -1.08. The maximum atomic E-state index is 13.5. The number of benzene rings is 2. The van der Waals surface area contributed by atoms with Crippen LogP contribution in [-0.2, 0) is 21.6 Å². The molecule has 2 aromatic rings. The van der Waals surface area contributed by atoms with Gasteiger partial charge in [0.2, 0.25) is 11.8 Å². The maximum Gasteiger partial charge on any atom is 0.250 e. The molecule has 1 fully saturated rings. The van der Waals surface area contributed by atoms with Crippen LogP contribution in [0.15, 0.2) is 36.4 Å². The molecule has 1 heterocycles. The van der Waals surface area contributed by atoms with Crippen LogP contribution in [0.1, 0.15) is 16.8 Å². The second-order valence-electron chi connectivity index (χ2n) is 5.82. The van der Waals surface area contributed by atoms with Crippen molar-refractivity contribution in [3.05, 3.63) is 48.0 Å². The molecule has 0 spiro atoms. The first-order valence-corrected chi connectivity index (χ1v) is 7.88. The van der Waals surface area contributed by atoms with Crippen LogP contribution >= 0.6 is 0 Å². The number of carbonyl (C=O) groups excluding carboxylic acids is 2. The Bertz CT molecular complexity index is 766. The predicted molar refractivity (Wildman–Crippen MR) is 89.2 cm³/mol. The zero-order chi connectivity index (χ0) is 17.1. The van der Waals surface area contributed by atoms with Crippen molar-refractivity contribution in [2.75, 3.05) is 20.1 Å². The van der Waals surface area contributed by atoms with E-state index in [1.165, 1.54) is 4.90 Å². The van der Waals surface area contributed by atoms with Gasteiger partial charge in [0, 0.05) is 28.8 Å². The van der Waals surface area contributed by atoms with E-state index in [0.717, 1.165) is 10.8 Å². The summed E-state index contributed by atoms with van der Waals surface area (Å²) in [4.78, 5) is 26.1. The summed E-state index contributed by atoms with van der Waals surface area (Å²) < 4.78 is 13.5. The van der Waals surface area contributed by atoms with Gasteiger partial charge in [0.05, 0.1) is 19.3 Å². The number of rotatable bonds is 4. The molecule has 1 saturated heterocycles. The van der Waals surface area contributed by atoms with Crippen LogP contribution in [0, 0.1) is 6.07 Å². The summed E-state index contributed by atoms with van der Waals surface area (Å²) in [7, 11) is 1.69. The number of halogens is 1. The minimum Gasteiger partial charge on any atom is -0.343 e. The molecule has 0 aliphatic carbocycles. The molecule has 2 aromatic carbocycles. The molecule has 2 atom stereocenters. The van der Waals surface area contributed by atoms with E-state index in [9.17, 15) is 14.0 Å². The van der Waals surface area contributed by atoms with Crippen LogP contribution in [0.25, 0.3) is 10.8 Å². The molecule has 1 aliphatic heterocycles. The molecule has 5 nitrogen and oxygen atoms in total. The SMILES string of the molecule is CN[C@@H]1CC(F)CN1C(=O)CNC(=O)c1cccc2c[c-]ccc12.[Co]. The Labute approximate surface area is 156 Å². The van der Waals surface area contributed by atoms with Crippen molar-refractivity contribution in [3.63, 3.8) is 0 Å². The number of carbonyl (C=O) groups is 2. The number of nitrogens with one attached hydrogen (secondary N) is 2. The molecular formula is C18H19CoFN3O2-. The van der Waals surface area contributed by atoms with Crippen molar-refractivity contribution >= 4 is 22.6 Å². The van der Waals surface area contributed by atoms with Crippen LogP contribution in [0.4, 0.5) is 4.39 Å². The topological polar surface area (TPSA) is 61.4 Å². The van der Waals surface area contributed by atoms with Crippen molar-refractivity contribution in [1.29, 1.82) is 0 Å². The van der Waals surface area contributed by atoms with E-state index in [2.05, 4.69) is 16.7 Å². The van der Waals surface area contributed by atoms with E-state index in [-0.39, 0.29) is 54.3 Å². The minimum atomic E-state index is -1.03. The fourth-order valence-corrected chi connectivity index (χ4v) is 3.05. The number of fused-ring (bicyclic) bond motifs is 1. The van der Waals surface area contributed by atoms with Gasteiger partial charge in [0.25, 0.3) is 0 Å². The number of amides is 2. The molecule has 7 heteroatoms. The van der Waals surface area contributed by atoms with Gasteiger partial charge in [0.15, 0.2) is 0 Å². The zero-order valence-corrected chi connectivity index (χ0v) is 14.8. The average molecular weight is 387 g/mol. The summed E-state index contributed by atoms with van der Waals surface area (Å²) in [5, 5.41) is 7.27. The van der Waals surface area contributed by atoms with E-state index in [1.807, 2.05) is 12.1 Å². The molecule has 2 amide bonds. The molecule has 3 rings (SSSR count). The molecule has 0 saturated carbocycles. The Kier molecular flexibility index (Phi) is 6.52. The molecule has 0 bridgehead atoms. The first-order chi connectivity index (χ1) is 11.6. The molecule has 2 N–H and O–H groups in total. The third-order valence-corrected chi connectivity index (χ3v) is 4.27. The van der Waals surface area contributed by atoms with Crippen molar-refractivity contribution in [1.82, 2.24) is 15.5 Å².